The van der Waals surface area contributed by atoms with E-state index in [-0.39, 0.29) is 41.3 Å². The van der Waals surface area contributed by atoms with Crippen LogP contribution in [0.4, 0.5) is 0 Å². The largest absolute Gasteiger partial charge is 0.511 e. The van der Waals surface area contributed by atoms with Gasteiger partial charge in [-0.05, 0) is 61.3 Å². The lowest BCUT2D eigenvalue weighted by Crippen LogP contribution is -2.26. The number of carbonyl (C=O) groups is 1. The van der Waals surface area contributed by atoms with Crippen LogP contribution in [0.25, 0.3) is 5.57 Å². The number of carbonyl (C=O) groups excluding carboxylic acids is 1. The van der Waals surface area contributed by atoms with E-state index in [9.17, 15) is 18.3 Å². The molecule has 0 bridgehead atoms. The van der Waals surface area contributed by atoms with Gasteiger partial charge in [0.05, 0.1) is 17.1 Å². The van der Waals surface area contributed by atoms with Gasteiger partial charge >= 0.3 is 0 Å². The van der Waals surface area contributed by atoms with E-state index >= 15 is 0 Å². The third-order valence-corrected chi connectivity index (χ3v) is 7.86. The van der Waals surface area contributed by atoms with Crippen molar-refractivity contribution < 1.29 is 18.3 Å². The van der Waals surface area contributed by atoms with Crippen molar-refractivity contribution in [1.29, 1.82) is 0 Å². The summed E-state index contributed by atoms with van der Waals surface area (Å²) >= 11 is 6.26. The fourth-order valence-electron chi connectivity index (χ4n) is 4.23. The van der Waals surface area contributed by atoms with Gasteiger partial charge in [-0.3, -0.25) is 4.79 Å². The minimum absolute atomic E-state index is 0.0142. The number of ketones is 1. The van der Waals surface area contributed by atoms with E-state index in [2.05, 4.69) is 0 Å². The van der Waals surface area contributed by atoms with Crippen molar-refractivity contribution in [3.63, 3.8) is 0 Å². The van der Waals surface area contributed by atoms with Crippen LogP contribution in [0.1, 0.15) is 49.3 Å². The third kappa shape index (κ3) is 3.84. The van der Waals surface area contributed by atoms with Crippen LogP contribution in [0.15, 0.2) is 17.9 Å². The molecule has 142 valence electrons. The Hall–Kier alpha value is -1.33. The maximum Gasteiger partial charge on any atom is 0.167 e. The fraction of sp³-hybridized carbons (Fsp3) is 0.550. The van der Waals surface area contributed by atoms with E-state index in [0.717, 1.165) is 24.0 Å². The first kappa shape index (κ1) is 19.4. The second-order valence-electron chi connectivity index (χ2n) is 7.55. The van der Waals surface area contributed by atoms with E-state index in [1.807, 2.05) is 19.9 Å². The van der Waals surface area contributed by atoms with Gasteiger partial charge in [0.15, 0.2) is 15.6 Å². The standard InChI is InChI=1S/C20H25ClO4S/c1-3-14-7-12(2)17(21)10-16(14)19-18(22)9-15(20(19)23)8-13-5-4-6-26(24,25)11-13/h7,10,13,15,23H,3-6,8-9,11H2,1-2H3. The van der Waals surface area contributed by atoms with Gasteiger partial charge in [-0.15, -0.1) is 0 Å². The molecule has 1 aliphatic carbocycles. The highest BCUT2D eigenvalue weighted by atomic mass is 35.5. The first-order valence-corrected chi connectivity index (χ1v) is 11.4. The summed E-state index contributed by atoms with van der Waals surface area (Å²) in [5.41, 5.74) is 3.02. The summed E-state index contributed by atoms with van der Waals surface area (Å²) in [6, 6.07) is 3.74. The molecular weight excluding hydrogens is 372 g/mol. The van der Waals surface area contributed by atoms with Gasteiger partial charge in [0.2, 0.25) is 0 Å². The summed E-state index contributed by atoms with van der Waals surface area (Å²) in [6.07, 6.45) is 3.03. The first-order chi connectivity index (χ1) is 12.2. The van der Waals surface area contributed by atoms with E-state index in [0.29, 0.717) is 29.0 Å². The zero-order valence-electron chi connectivity index (χ0n) is 15.2. The van der Waals surface area contributed by atoms with Crippen LogP contribution < -0.4 is 0 Å². The molecule has 1 saturated heterocycles. The van der Waals surface area contributed by atoms with Crippen LogP contribution in [0, 0.1) is 18.8 Å². The number of Topliss-reactive ketones (excluding diaryl/α,β-unsaturated/α-hetero) is 1. The Labute approximate surface area is 160 Å². The van der Waals surface area contributed by atoms with Gasteiger partial charge < -0.3 is 5.11 Å². The molecule has 0 spiro atoms. The minimum Gasteiger partial charge on any atom is -0.511 e. The van der Waals surface area contributed by atoms with Crippen molar-refractivity contribution in [3.05, 3.63) is 39.6 Å². The fourth-order valence-corrected chi connectivity index (χ4v) is 6.18. The van der Waals surface area contributed by atoms with Gasteiger partial charge in [0, 0.05) is 17.4 Å². The Kier molecular flexibility index (Phi) is 5.50. The summed E-state index contributed by atoms with van der Waals surface area (Å²) in [5, 5.41) is 11.4. The summed E-state index contributed by atoms with van der Waals surface area (Å²) in [4.78, 5) is 12.6. The summed E-state index contributed by atoms with van der Waals surface area (Å²) < 4.78 is 23.7. The second-order valence-corrected chi connectivity index (χ2v) is 10.2. The molecule has 2 unspecified atom stereocenters. The molecule has 26 heavy (non-hydrogen) atoms. The maximum atomic E-state index is 12.6. The van der Waals surface area contributed by atoms with Crippen molar-refractivity contribution in [2.45, 2.75) is 46.0 Å². The molecule has 1 aliphatic heterocycles. The van der Waals surface area contributed by atoms with E-state index < -0.39 is 9.84 Å². The summed E-state index contributed by atoms with van der Waals surface area (Å²) in [6.45, 7) is 3.93. The van der Waals surface area contributed by atoms with Crippen LogP contribution in [-0.2, 0) is 21.1 Å². The topological polar surface area (TPSA) is 71.4 Å². The molecule has 1 aromatic carbocycles. The molecule has 2 atom stereocenters. The number of allylic oxidation sites excluding steroid dienone is 2. The van der Waals surface area contributed by atoms with Gasteiger partial charge in [-0.2, -0.15) is 0 Å². The maximum absolute atomic E-state index is 12.6. The Bertz CT molecular complexity index is 870. The lowest BCUT2D eigenvalue weighted by Gasteiger charge is -2.24. The number of aliphatic hydroxyl groups is 1. The zero-order chi connectivity index (χ0) is 19.1. The Morgan fingerprint density at radius 1 is 1.31 bits per heavy atom. The van der Waals surface area contributed by atoms with Crippen molar-refractivity contribution in [3.8, 4) is 0 Å². The molecular formula is C20H25ClO4S. The normalized spacial score (nSPS) is 25.7. The van der Waals surface area contributed by atoms with Crippen LogP contribution in [0.2, 0.25) is 5.02 Å². The monoisotopic (exact) mass is 396 g/mol. The molecule has 1 N–H and O–H groups in total. The molecule has 0 amide bonds. The molecule has 0 aromatic heterocycles. The Morgan fingerprint density at radius 3 is 2.69 bits per heavy atom. The molecule has 0 saturated carbocycles. The molecule has 6 heteroatoms. The lowest BCUT2D eigenvalue weighted by atomic mass is 9.91. The summed E-state index contributed by atoms with van der Waals surface area (Å²) in [7, 11) is -2.99. The average molecular weight is 397 g/mol. The second kappa shape index (κ2) is 7.35. The highest BCUT2D eigenvalue weighted by Gasteiger charge is 2.37. The van der Waals surface area contributed by atoms with E-state index in [1.165, 1.54) is 0 Å². The number of hydrogen-bond acceptors (Lipinski definition) is 4. The van der Waals surface area contributed by atoms with Crippen LogP contribution in [0.3, 0.4) is 0 Å². The first-order valence-electron chi connectivity index (χ1n) is 9.18. The van der Waals surface area contributed by atoms with Gasteiger partial charge in [0.1, 0.15) is 5.76 Å². The van der Waals surface area contributed by atoms with Crippen molar-refractivity contribution >= 4 is 32.8 Å². The van der Waals surface area contributed by atoms with Gasteiger partial charge in [-0.25, -0.2) is 8.42 Å². The highest BCUT2D eigenvalue weighted by Crippen LogP contribution is 2.41. The number of aliphatic hydroxyl groups excluding tert-OH is 1. The minimum atomic E-state index is -2.99. The number of sulfone groups is 1. The molecule has 2 aliphatic rings. The van der Waals surface area contributed by atoms with Crippen molar-refractivity contribution in [1.82, 2.24) is 0 Å². The lowest BCUT2D eigenvalue weighted by molar-refractivity contribution is -0.113. The van der Waals surface area contributed by atoms with E-state index in [4.69, 9.17) is 11.6 Å². The van der Waals surface area contributed by atoms with Crippen molar-refractivity contribution in [2.75, 3.05) is 11.5 Å². The molecule has 4 nitrogen and oxygen atoms in total. The van der Waals surface area contributed by atoms with Crippen molar-refractivity contribution in [2.24, 2.45) is 11.8 Å². The quantitative estimate of drug-likeness (QED) is 0.824. The molecule has 0 radical (unpaired) electrons. The Balaban J connectivity index is 1.91. The predicted octanol–water partition coefficient (Wildman–Crippen LogP) is 4.28. The van der Waals surface area contributed by atoms with Crippen LogP contribution in [0.5, 0.6) is 0 Å². The highest BCUT2D eigenvalue weighted by molar-refractivity contribution is 7.91. The molecule has 1 fully saturated rings. The van der Waals surface area contributed by atoms with Gasteiger partial charge in [0.25, 0.3) is 0 Å². The number of benzene rings is 1. The molecule has 1 aromatic rings. The van der Waals surface area contributed by atoms with Gasteiger partial charge in [-0.1, -0.05) is 24.6 Å². The van der Waals surface area contributed by atoms with E-state index in [1.54, 1.807) is 6.07 Å². The molecule has 1 heterocycles. The van der Waals surface area contributed by atoms with Crippen LogP contribution in [-0.4, -0.2) is 30.8 Å². The number of aryl methyl sites for hydroxylation is 2. The predicted molar refractivity (Wildman–Crippen MR) is 104 cm³/mol. The number of rotatable bonds is 4. The smallest absolute Gasteiger partial charge is 0.167 e. The Morgan fingerprint density at radius 2 is 2.04 bits per heavy atom. The SMILES string of the molecule is CCc1cc(C)c(Cl)cc1C1=C(O)C(CC2CCCS(=O)(=O)C2)CC1=O. The third-order valence-electron chi connectivity index (χ3n) is 5.56. The van der Waals surface area contributed by atoms with Crippen LogP contribution >= 0.6 is 11.6 Å². The summed E-state index contributed by atoms with van der Waals surface area (Å²) in [5.74, 6) is 0.160. The average Bonchev–Trinajstić information content (AvgIpc) is 2.82. The number of halogens is 1. The zero-order valence-corrected chi connectivity index (χ0v) is 16.8. The molecule has 3 rings (SSSR count). The number of hydrogen-bond donors (Lipinski definition) is 1.